The Labute approximate surface area is 163 Å². The lowest BCUT2D eigenvalue weighted by Gasteiger charge is -2.07. The standard InChI is InChI=1S/C24H18N2O2/c27-24(28-15-16-4-2-1-3-5-16)20-10-18-12-21-14-26-23(17-6-8-25-9-7-17)22(21)13-19(18)11-20/h1-9,11-13H,10,14-15H2. The molecule has 0 saturated carbocycles. The number of aromatic nitrogens is 1. The van der Waals surface area contributed by atoms with Crippen LogP contribution in [0, 0.1) is 0 Å². The molecule has 1 aliphatic carbocycles. The van der Waals surface area contributed by atoms with Gasteiger partial charge in [-0.15, -0.1) is 0 Å². The molecule has 4 heteroatoms. The minimum absolute atomic E-state index is 0.247. The molecule has 0 spiro atoms. The van der Waals surface area contributed by atoms with E-state index in [-0.39, 0.29) is 5.97 Å². The molecule has 2 aliphatic rings. The van der Waals surface area contributed by atoms with E-state index in [0.29, 0.717) is 25.1 Å². The van der Waals surface area contributed by atoms with Crippen LogP contribution >= 0.6 is 0 Å². The van der Waals surface area contributed by atoms with E-state index in [9.17, 15) is 4.79 Å². The van der Waals surface area contributed by atoms with Crippen molar-refractivity contribution in [3.05, 3.63) is 106 Å². The predicted octanol–water partition coefficient (Wildman–Crippen LogP) is 4.12. The summed E-state index contributed by atoms with van der Waals surface area (Å²) in [6.45, 7) is 0.969. The molecular formula is C24H18N2O2. The first kappa shape index (κ1) is 16.6. The van der Waals surface area contributed by atoms with Crippen molar-refractivity contribution in [2.24, 2.45) is 4.99 Å². The van der Waals surface area contributed by atoms with Gasteiger partial charge in [0.1, 0.15) is 6.61 Å². The number of rotatable bonds is 4. The fraction of sp³-hybridized carbons (Fsp3) is 0.125. The summed E-state index contributed by atoms with van der Waals surface area (Å²) in [6.07, 6.45) is 6.13. The van der Waals surface area contributed by atoms with Gasteiger partial charge in [0.05, 0.1) is 12.3 Å². The third-order valence-electron chi connectivity index (χ3n) is 5.17. The SMILES string of the molecule is O=C(OCc1ccccc1)C1=Cc2cc3c(cc2C1)CN=C3c1ccncc1. The summed E-state index contributed by atoms with van der Waals surface area (Å²) < 4.78 is 5.50. The van der Waals surface area contributed by atoms with Gasteiger partial charge in [0.15, 0.2) is 0 Å². The molecule has 2 aromatic carbocycles. The molecule has 136 valence electrons. The van der Waals surface area contributed by atoms with Gasteiger partial charge >= 0.3 is 5.97 Å². The maximum absolute atomic E-state index is 12.5. The predicted molar refractivity (Wildman–Crippen MR) is 108 cm³/mol. The van der Waals surface area contributed by atoms with Crippen molar-refractivity contribution in [1.29, 1.82) is 0 Å². The lowest BCUT2D eigenvalue weighted by atomic mass is 9.96. The van der Waals surface area contributed by atoms with Crippen molar-refractivity contribution in [2.75, 3.05) is 0 Å². The molecule has 4 nitrogen and oxygen atoms in total. The van der Waals surface area contributed by atoms with E-state index >= 15 is 0 Å². The monoisotopic (exact) mass is 366 g/mol. The lowest BCUT2D eigenvalue weighted by Crippen LogP contribution is -2.08. The molecule has 0 bridgehead atoms. The van der Waals surface area contributed by atoms with Gasteiger partial charge in [-0.3, -0.25) is 9.98 Å². The summed E-state index contributed by atoms with van der Waals surface area (Å²) in [5.74, 6) is -0.247. The Morgan fingerprint density at radius 1 is 1.00 bits per heavy atom. The van der Waals surface area contributed by atoms with Gasteiger partial charge in [-0.25, -0.2) is 4.79 Å². The minimum atomic E-state index is -0.247. The van der Waals surface area contributed by atoms with E-state index in [1.165, 1.54) is 5.56 Å². The average Bonchev–Trinajstić information content (AvgIpc) is 3.35. The summed E-state index contributed by atoms with van der Waals surface area (Å²) in [7, 11) is 0. The van der Waals surface area contributed by atoms with Crippen LogP contribution < -0.4 is 0 Å². The molecule has 2 heterocycles. The van der Waals surface area contributed by atoms with E-state index in [1.54, 1.807) is 12.4 Å². The third-order valence-corrected chi connectivity index (χ3v) is 5.17. The lowest BCUT2D eigenvalue weighted by molar-refractivity contribution is -0.140. The Morgan fingerprint density at radius 2 is 1.82 bits per heavy atom. The van der Waals surface area contributed by atoms with Crippen molar-refractivity contribution >= 4 is 17.8 Å². The van der Waals surface area contributed by atoms with Crippen molar-refractivity contribution in [1.82, 2.24) is 4.98 Å². The Kier molecular flexibility index (Phi) is 4.09. The molecule has 5 rings (SSSR count). The molecule has 0 fully saturated rings. The molecule has 0 N–H and O–H groups in total. The van der Waals surface area contributed by atoms with Crippen LogP contribution in [0.4, 0.5) is 0 Å². The Balaban J connectivity index is 1.36. The first-order valence-corrected chi connectivity index (χ1v) is 9.30. The van der Waals surface area contributed by atoms with E-state index in [1.807, 2.05) is 48.5 Å². The number of aliphatic imine (C=N–C) groups is 1. The number of esters is 1. The van der Waals surface area contributed by atoms with Crippen LogP contribution in [0.1, 0.15) is 33.4 Å². The fourth-order valence-corrected chi connectivity index (χ4v) is 3.75. The first-order valence-electron chi connectivity index (χ1n) is 9.30. The zero-order chi connectivity index (χ0) is 18.9. The van der Waals surface area contributed by atoms with Gasteiger partial charge in [0, 0.05) is 35.5 Å². The Bertz CT molecular complexity index is 1120. The molecule has 0 amide bonds. The molecule has 1 aliphatic heterocycles. The fourth-order valence-electron chi connectivity index (χ4n) is 3.75. The summed E-state index contributed by atoms with van der Waals surface area (Å²) in [5.41, 5.74) is 8.34. The van der Waals surface area contributed by atoms with Gasteiger partial charge in [0.2, 0.25) is 0 Å². The third kappa shape index (κ3) is 3.03. The van der Waals surface area contributed by atoms with Gasteiger partial charge in [-0.2, -0.15) is 0 Å². The number of ether oxygens (including phenoxy) is 1. The molecule has 28 heavy (non-hydrogen) atoms. The number of fused-ring (bicyclic) bond motifs is 2. The van der Waals surface area contributed by atoms with Gasteiger partial charge < -0.3 is 4.74 Å². The second kappa shape index (κ2) is 6.89. The highest BCUT2D eigenvalue weighted by Gasteiger charge is 2.25. The first-order chi connectivity index (χ1) is 13.8. The smallest absolute Gasteiger partial charge is 0.334 e. The van der Waals surface area contributed by atoms with Crippen molar-refractivity contribution in [3.8, 4) is 0 Å². The average molecular weight is 366 g/mol. The molecular weight excluding hydrogens is 348 g/mol. The number of carbonyl (C=O) groups excluding carboxylic acids is 1. The van der Waals surface area contributed by atoms with Gasteiger partial charge in [0.25, 0.3) is 0 Å². The van der Waals surface area contributed by atoms with Crippen LogP contribution in [0.3, 0.4) is 0 Å². The highest BCUT2D eigenvalue weighted by atomic mass is 16.5. The normalized spacial score (nSPS) is 14.1. The van der Waals surface area contributed by atoms with E-state index in [0.717, 1.165) is 33.5 Å². The van der Waals surface area contributed by atoms with Crippen LogP contribution in [-0.4, -0.2) is 16.7 Å². The second-order valence-corrected chi connectivity index (χ2v) is 7.02. The maximum Gasteiger partial charge on any atom is 0.334 e. The highest BCUT2D eigenvalue weighted by Crippen LogP contribution is 2.32. The zero-order valence-corrected chi connectivity index (χ0v) is 15.3. The van der Waals surface area contributed by atoms with Crippen LogP contribution in [0.15, 0.2) is 77.6 Å². The molecule has 0 atom stereocenters. The molecule has 0 saturated heterocycles. The number of pyridine rings is 1. The van der Waals surface area contributed by atoms with Gasteiger partial charge in [-0.05, 0) is 46.5 Å². The maximum atomic E-state index is 12.5. The highest BCUT2D eigenvalue weighted by molar-refractivity contribution is 6.15. The Morgan fingerprint density at radius 3 is 2.64 bits per heavy atom. The summed E-state index contributed by atoms with van der Waals surface area (Å²) >= 11 is 0. The number of hydrogen-bond acceptors (Lipinski definition) is 4. The van der Waals surface area contributed by atoms with Crippen molar-refractivity contribution in [3.63, 3.8) is 0 Å². The summed E-state index contributed by atoms with van der Waals surface area (Å²) in [6, 6.07) is 18.0. The van der Waals surface area contributed by atoms with Crippen molar-refractivity contribution < 1.29 is 9.53 Å². The Hall–Kier alpha value is -3.53. The van der Waals surface area contributed by atoms with E-state index < -0.39 is 0 Å². The topological polar surface area (TPSA) is 51.5 Å². The molecule has 0 radical (unpaired) electrons. The summed E-state index contributed by atoms with van der Waals surface area (Å²) in [5, 5.41) is 0. The number of carbonyl (C=O) groups is 1. The van der Waals surface area contributed by atoms with Crippen LogP contribution in [-0.2, 0) is 29.1 Å². The quantitative estimate of drug-likeness (QED) is 0.653. The zero-order valence-electron chi connectivity index (χ0n) is 15.3. The van der Waals surface area contributed by atoms with Crippen LogP contribution in [0.5, 0.6) is 0 Å². The minimum Gasteiger partial charge on any atom is -0.457 e. The summed E-state index contributed by atoms with van der Waals surface area (Å²) in [4.78, 5) is 21.3. The van der Waals surface area contributed by atoms with Crippen LogP contribution in [0.25, 0.3) is 6.08 Å². The van der Waals surface area contributed by atoms with Crippen LogP contribution in [0.2, 0.25) is 0 Å². The second-order valence-electron chi connectivity index (χ2n) is 7.02. The van der Waals surface area contributed by atoms with E-state index in [2.05, 4.69) is 17.1 Å². The molecule has 0 unspecified atom stereocenters. The van der Waals surface area contributed by atoms with Crippen molar-refractivity contribution in [2.45, 2.75) is 19.6 Å². The van der Waals surface area contributed by atoms with Gasteiger partial charge in [-0.1, -0.05) is 36.4 Å². The molecule has 1 aromatic heterocycles. The van der Waals surface area contributed by atoms with E-state index in [4.69, 9.17) is 9.73 Å². The number of hydrogen-bond donors (Lipinski definition) is 0. The largest absolute Gasteiger partial charge is 0.457 e. The number of benzene rings is 2. The molecule has 3 aromatic rings. The number of nitrogens with zero attached hydrogens (tertiary/aromatic N) is 2.